The van der Waals surface area contributed by atoms with E-state index in [0.717, 1.165) is 11.1 Å². The molecule has 3 atom stereocenters. The highest BCUT2D eigenvalue weighted by atomic mass is 31.2. The van der Waals surface area contributed by atoms with E-state index in [9.17, 15) is 9.36 Å². The second kappa shape index (κ2) is 12.1. The number of aryl methyl sites for hydroxylation is 1. The van der Waals surface area contributed by atoms with Gasteiger partial charge in [0, 0.05) is 6.04 Å². The molecule has 0 bridgehead atoms. The number of esters is 1. The average Bonchev–Trinajstić information content (AvgIpc) is 3.25. The van der Waals surface area contributed by atoms with Crippen LogP contribution in [0.3, 0.4) is 0 Å². The molecule has 0 aliphatic heterocycles. The molecule has 0 amide bonds. The Balaban J connectivity index is 1.76. The molecule has 0 saturated heterocycles. The molecule has 37 heavy (non-hydrogen) atoms. The summed E-state index contributed by atoms with van der Waals surface area (Å²) < 4.78 is 27.4. The zero-order valence-corrected chi connectivity index (χ0v) is 23.3. The summed E-state index contributed by atoms with van der Waals surface area (Å²) in [6, 6.07) is 7.71. The molecular formula is C25H38N7O4P. The summed E-state index contributed by atoms with van der Waals surface area (Å²) in [4.78, 5) is 25.2. The molecule has 0 fully saturated rings. The number of hydrogen-bond acceptors (Lipinski definition) is 8. The van der Waals surface area contributed by atoms with Gasteiger partial charge in [0.1, 0.15) is 23.7 Å². The molecule has 0 spiro atoms. The lowest BCUT2D eigenvalue weighted by atomic mass is 10.1. The van der Waals surface area contributed by atoms with Gasteiger partial charge < -0.3 is 19.8 Å². The fraction of sp³-hybridized carbons (Fsp3) is 0.520. The van der Waals surface area contributed by atoms with Crippen molar-refractivity contribution in [2.75, 3.05) is 18.7 Å². The zero-order valence-electron chi connectivity index (χ0n) is 22.4. The lowest BCUT2D eigenvalue weighted by Gasteiger charge is -2.33. The van der Waals surface area contributed by atoms with E-state index in [2.05, 4.69) is 25.1 Å². The molecule has 11 nitrogen and oxygen atoms in total. The van der Waals surface area contributed by atoms with Crippen LogP contribution in [0, 0.1) is 6.92 Å². The second-order valence-corrected chi connectivity index (χ2v) is 12.0. The SMILES string of the molecule is CCCOC(=O)C(C)(C)NP(=O)(COC(C)Cn1cnc2c(N)ncnc21)N[C@@H](C)c1ccc(C)cc1. The van der Waals surface area contributed by atoms with Crippen molar-refractivity contribution in [2.45, 2.75) is 72.2 Å². The fourth-order valence-electron chi connectivity index (χ4n) is 3.81. The van der Waals surface area contributed by atoms with Crippen LogP contribution in [0.5, 0.6) is 0 Å². The number of anilines is 1. The Kier molecular flexibility index (Phi) is 9.41. The van der Waals surface area contributed by atoms with Gasteiger partial charge in [-0.15, -0.1) is 0 Å². The number of carbonyl (C=O) groups excluding carboxylic acids is 1. The van der Waals surface area contributed by atoms with Crippen LogP contribution in [-0.4, -0.2) is 50.1 Å². The van der Waals surface area contributed by atoms with Crippen LogP contribution in [0.15, 0.2) is 36.9 Å². The summed E-state index contributed by atoms with van der Waals surface area (Å²) in [7, 11) is -3.45. The fourth-order valence-corrected chi connectivity index (χ4v) is 6.25. The minimum atomic E-state index is -3.45. The Morgan fingerprint density at radius 3 is 2.57 bits per heavy atom. The van der Waals surface area contributed by atoms with Gasteiger partial charge in [0.15, 0.2) is 11.5 Å². The maximum atomic E-state index is 14.2. The Hall–Kier alpha value is -2.85. The normalized spacial score (nSPS) is 15.3. The Labute approximate surface area is 218 Å². The number of nitrogens with one attached hydrogen (secondary N) is 2. The minimum Gasteiger partial charge on any atom is -0.464 e. The van der Waals surface area contributed by atoms with Gasteiger partial charge in [0.25, 0.3) is 0 Å². The van der Waals surface area contributed by atoms with Gasteiger partial charge in [-0.25, -0.2) is 25.1 Å². The number of rotatable bonds is 13. The Morgan fingerprint density at radius 1 is 1.19 bits per heavy atom. The van der Waals surface area contributed by atoms with Crippen molar-refractivity contribution in [3.63, 3.8) is 0 Å². The molecule has 4 N–H and O–H groups in total. The molecule has 3 rings (SSSR count). The minimum absolute atomic E-state index is 0.154. The lowest BCUT2D eigenvalue weighted by molar-refractivity contribution is -0.149. The van der Waals surface area contributed by atoms with E-state index in [1.165, 1.54) is 6.33 Å². The molecule has 0 aliphatic carbocycles. The first-order chi connectivity index (χ1) is 17.4. The molecule has 0 aliphatic rings. The highest BCUT2D eigenvalue weighted by Crippen LogP contribution is 2.42. The van der Waals surface area contributed by atoms with E-state index in [4.69, 9.17) is 15.2 Å². The van der Waals surface area contributed by atoms with Gasteiger partial charge in [0.05, 0.1) is 25.6 Å². The Bertz CT molecular complexity index is 1250. The molecule has 202 valence electrons. The van der Waals surface area contributed by atoms with Crippen LogP contribution in [0.2, 0.25) is 0 Å². The highest BCUT2D eigenvalue weighted by molar-refractivity contribution is 7.59. The maximum absolute atomic E-state index is 14.2. The summed E-state index contributed by atoms with van der Waals surface area (Å²) in [6.45, 7) is 11.7. The zero-order chi connectivity index (χ0) is 27.2. The first kappa shape index (κ1) is 28.7. The van der Waals surface area contributed by atoms with Crippen molar-refractivity contribution in [3.05, 3.63) is 48.0 Å². The lowest BCUT2D eigenvalue weighted by Crippen LogP contribution is -2.49. The summed E-state index contributed by atoms with van der Waals surface area (Å²) in [6.07, 6.45) is 3.20. The number of nitrogens with zero attached hydrogens (tertiary/aromatic N) is 4. The van der Waals surface area contributed by atoms with Crippen molar-refractivity contribution in [3.8, 4) is 0 Å². The number of aromatic nitrogens is 4. The van der Waals surface area contributed by atoms with Crippen LogP contribution in [0.4, 0.5) is 5.82 Å². The molecule has 3 aromatic rings. The van der Waals surface area contributed by atoms with E-state index >= 15 is 0 Å². The predicted molar refractivity (Wildman–Crippen MR) is 144 cm³/mol. The third-order valence-electron chi connectivity index (χ3n) is 5.81. The molecule has 0 radical (unpaired) electrons. The van der Waals surface area contributed by atoms with Gasteiger partial charge in [-0.1, -0.05) is 36.8 Å². The van der Waals surface area contributed by atoms with Crippen molar-refractivity contribution in [1.29, 1.82) is 0 Å². The van der Waals surface area contributed by atoms with Crippen molar-refractivity contribution >= 4 is 30.4 Å². The first-order valence-corrected chi connectivity index (χ1v) is 14.3. The first-order valence-electron chi connectivity index (χ1n) is 12.4. The molecule has 12 heteroatoms. The monoisotopic (exact) mass is 531 g/mol. The van der Waals surface area contributed by atoms with Gasteiger partial charge in [-0.3, -0.25) is 9.36 Å². The number of nitrogens with two attached hydrogens (primary N) is 1. The Morgan fingerprint density at radius 2 is 1.89 bits per heavy atom. The van der Waals surface area contributed by atoms with Crippen LogP contribution in [-0.2, 0) is 25.4 Å². The topological polar surface area (TPSA) is 146 Å². The van der Waals surface area contributed by atoms with Crippen molar-refractivity contribution < 1.29 is 18.8 Å². The summed E-state index contributed by atoms with van der Waals surface area (Å²) in [5.74, 6) is -0.174. The van der Waals surface area contributed by atoms with Gasteiger partial charge in [-0.05, 0) is 46.6 Å². The van der Waals surface area contributed by atoms with Crippen molar-refractivity contribution in [2.24, 2.45) is 0 Å². The van der Waals surface area contributed by atoms with E-state index in [0.29, 0.717) is 36.6 Å². The van der Waals surface area contributed by atoms with Crippen LogP contribution < -0.4 is 15.9 Å². The van der Waals surface area contributed by atoms with Gasteiger partial charge in [0.2, 0.25) is 7.44 Å². The van der Waals surface area contributed by atoms with Crippen LogP contribution in [0.25, 0.3) is 11.2 Å². The average molecular weight is 532 g/mol. The molecule has 0 saturated carbocycles. The second-order valence-electron chi connectivity index (χ2n) is 9.81. The number of carbonyl (C=O) groups is 1. The van der Waals surface area contributed by atoms with E-state index in [1.54, 1.807) is 20.2 Å². The largest absolute Gasteiger partial charge is 0.464 e. The molecule has 2 heterocycles. The standard InChI is InChI=1S/C25H38N7O4P/c1-7-12-35-24(33)25(5,6)31-37(34,30-19(4)20-10-8-17(2)9-11-20)16-36-18(3)13-32-15-29-21-22(26)27-14-28-23(21)32/h8-11,14-15,18-19H,7,12-13,16H2,1-6H3,(H2,26,27,28)(H2,30,31,34)/t18?,19-,37?/m0/s1. The highest BCUT2D eigenvalue weighted by Gasteiger charge is 2.38. The van der Waals surface area contributed by atoms with E-state index in [1.807, 2.05) is 56.5 Å². The summed E-state index contributed by atoms with van der Waals surface area (Å²) in [5, 5.41) is 6.23. The van der Waals surface area contributed by atoms with Crippen LogP contribution >= 0.6 is 7.44 Å². The van der Waals surface area contributed by atoms with E-state index < -0.39 is 19.0 Å². The molecule has 2 unspecified atom stereocenters. The summed E-state index contributed by atoms with van der Waals surface area (Å²) >= 11 is 0. The predicted octanol–water partition coefficient (Wildman–Crippen LogP) is 3.94. The molecular weight excluding hydrogens is 493 g/mol. The molecule has 2 aromatic heterocycles. The third-order valence-corrected chi connectivity index (χ3v) is 8.05. The smallest absolute Gasteiger partial charge is 0.326 e. The van der Waals surface area contributed by atoms with Gasteiger partial charge in [-0.2, -0.15) is 0 Å². The van der Waals surface area contributed by atoms with Crippen molar-refractivity contribution in [1.82, 2.24) is 29.7 Å². The van der Waals surface area contributed by atoms with Crippen LogP contribution in [0.1, 0.15) is 58.2 Å². The summed E-state index contributed by atoms with van der Waals surface area (Å²) in [5.41, 5.74) is 7.89. The maximum Gasteiger partial charge on any atom is 0.326 e. The number of nitrogen functional groups attached to an aromatic ring is 1. The number of benzene rings is 1. The number of hydrogen-bond donors (Lipinski definition) is 3. The van der Waals surface area contributed by atoms with Gasteiger partial charge >= 0.3 is 5.97 Å². The number of imidazole rings is 1. The number of fused-ring (bicyclic) bond motifs is 1. The molecule has 1 aromatic carbocycles. The van der Waals surface area contributed by atoms with E-state index in [-0.39, 0.29) is 18.5 Å². The quantitative estimate of drug-likeness (QED) is 0.219. The number of ether oxygens (including phenoxy) is 2. The third kappa shape index (κ3) is 7.58.